The van der Waals surface area contributed by atoms with Crippen molar-refractivity contribution in [3.63, 3.8) is 0 Å². The lowest BCUT2D eigenvalue weighted by Gasteiger charge is -2.09. The predicted octanol–water partition coefficient (Wildman–Crippen LogP) is 3.95. The zero-order valence-corrected chi connectivity index (χ0v) is 15.1. The monoisotopic (exact) mass is 386 g/mol. The maximum atomic E-state index is 12.9. The van der Waals surface area contributed by atoms with E-state index in [1.165, 1.54) is 31.6 Å². The molecule has 1 amide bonds. The Kier molecular flexibility index (Phi) is 5.83. The van der Waals surface area contributed by atoms with Crippen LogP contribution in [0.3, 0.4) is 0 Å². The number of aromatic nitrogens is 2. The molecule has 0 unspecified atom stereocenters. The first-order valence-corrected chi connectivity index (χ1v) is 8.38. The van der Waals surface area contributed by atoms with Crippen LogP contribution in [0.4, 0.5) is 15.9 Å². The van der Waals surface area contributed by atoms with Gasteiger partial charge in [-0.05, 0) is 35.9 Å². The van der Waals surface area contributed by atoms with Crippen molar-refractivity contribution in [1.29, 1.82) is 0 Å². The largest absolute Gasteiger partial charge is 0.495 e. The van der Waals surface area contributed by atoms with Gasteiger partial charge in [0.15, 0.2) is 0 Å². The minimum atomic E-state index is -0.363. The van der Waals surface area contributed by atoms with Gasteiger partial charge in [0.2, 0.25) is 0 Å². The van der Waals surface area contributed by atoms with Crippen LogP contribution in [0, 0.1) is 5.82 Å². The van der Waals surface area contributed by atoms with E-state index in [0.717, 1.165) is 5.56 Å². The molecule has 0 fully saturated rings. The highest BCUT2D eigenvalue weighted by atomic mass is 35.5. The second-order valence-corrected chi connectivity index (χ2v) is 5.98. The average molecular weight is 387 g/mol. The van der Waals surface area contributed by atoms with E-state index in [1.54, 1.807) is 30.3 Å². The molecule has 3 rings (SSSR count). The molecule has 27 heavy (non-hydrogen) atoms. The molecule has 2 N–H and O–H groups in total. The number of amides is 1. The van der Waals surface area contributed by atoms with Gasteiger partial charge < -0.3 is 15.4 Å². The van der Waals surface area contributed by atoms with Crippen LogP contribution in [0.15, 0.2) is 54.9 Å². The van der Waals surface area contributed by atoms with Gasteiger partial charge in [-0.1, -0.05) is 23.7 Å². The SMILES string of the molecule is COc1ccc(Nc2cc(C(=O)NCc3ccc(F)cc3)ncn2)cc1Cl. The van der Waals surface area contributed by atoms with Gasteiger partial charge in [-0.2, -0.15) is 0 Å². The van der Waals surface area contributed by atoms with Crippen molar-refractivity contribution < 1.29 is 13.9 Å². The first-order chi connectivity index (χ1) is 13.0. The Hall–Kier alpha value is -3.19. The first kappa shape index (κ1) is 18.6. The Balaban J connectivity index is 1.66. The molecule has 8 heteroatoms. The number of ether oxygens (including phenoxy) is 1. The quantitative estimate of drug-likeness (QED) is 0.670. The second kappa shape index (κ2) is 8.46. The summed E-state index contributed by atoms with van der Waals surface area (Å²) in [6.07, 6.45) is 1.29. The number of carbonyl (C=O) groups is 1. The van der Waals surface area contributed by atoms with Crippen molar-refractivity contribution in [2.24, 2.45) is 0 Å². The van der Waals surface area contributed by atoms with Gasteiger partial charge in [-0.3, -0.25) is 4.79 Å². The van der Waals surface area contributed by atoms with Gasteiger partial charge in [0, 0.05) is 18.3 Å². The van der Waals surface area contributed by atoms with E-state index in [-0.39, 0.29) is 24.0 Å². The molecule has 0 atom stereocenters. The Morgan fingerprint density at radius 2 is 1.93 bits per heavy atom. The lowest BCUT2D eigenvalue weighted by Crippen LogP contribution is -2.24. The Morgan fingerprint density at radius 1 is 1.15 bits per heavy atom. The third-order valence-corrected chi connectivity index (χ3v) is 3.99. The maximum Gasteiger partial charge on any atom is 0.270 e. The Morgan fingerprint density at radius 3 is 2.63 bits per heavy atom. The van der Waals surface area contributed by atoms with Gasteiger partial charge >= 0.3 is 0 Å². The van der Waals surface area contributed by atoms with Crippen molar-refractivity contribution >= 4 is 29.0 Å². The minimum Gasteiger partial charge on any atom is -0.495 e. The Labute approximate surface area is 160 Å². The molecule has 138 valence electrons. The fourth-order valence-corrected chi connectivity index (χ4v) is 2.57. The average Bonchev–Trinajstić information content (AvgIpc) is 2.68. The normalized spacial score (nSPS) is 10.3. The van der Waals surface area contributed by atoms with Crippen LogP contribution in [0.25, 0.3) is 0 Å². The molecular formula is C19H16ClFN4O2. The molecule has 6 nitrogen and oxygen atoms in total. The number of anilines is 2. The van der Waals surface area contributed by atoms with Gasteiger partial charge in [0.05, 0.1) is 12.1 Å². The zero-order chi connectivity index (χ0) is 19.2. The number of methoxy groups -OCH3 is 1. The minimum absolute atomic E-state index is 0.203. The van der Waals surface area contributed by atoms with E-state index in [4.69, 9.17) is 16.3 Å². The number of hydrogen-bond acceptors (Lipinski definition) is 5. The van der Waals surface area contributed by atoms with Gasteiger partial charge in [0.25, 0.3) is 5.91 Å². The van der Waals surface area contributed by atoms with Crippen LogP contribution in [0.2, 0.25) is 5.02 Å². The molecule has 0 bridgehead atoms. The van der Waals surface area contributed by atoms with Crippen molar-refractivity contribution in [1.82, 2.24) is 15.3 Å². The molecule has 3 aromatic rings. The molecule has 0 saturated heterocycles. The van der Waals surface area contributed by atoms with E-state index >= 15 is 0 Å². The lowest BCUT2D eigenvalue weighted by atomic mass is 10.2. The summed E-state index contributed by atoms with van der Waals surface area (Å²) in [5.41, 5.74) is 1.68. The smallest absolute Gasteiger partial charge is 0.270 e. The predicted molar refractivity (Wildman–Crippen MR) is 101 cm³/mol. The van der Waals surface area contributed by atoms with Crippen LogP contribution in [-0.4, -0.2) is 23.0 Å². The van der Waals surface area contributed by atoms with Crippen LogP contribution in [0.5, 0.6) is 5.75 Å². The van der Waals surface area contributed by atoms with E-state index < -0.39 is 0 Å². The van der Waals surface area contributed by atoms with Crippen LogP contribution in [0.1, 0.15) is 16.1 Å². The van der Waals surface area contributed by atoms with Crippen molar-refractivity contribution in [2.75, 3.05) is 12.4 Å². The Bertz CT molecular complexity index is 951. The molecule has 0 spiro atoms. The van der Waals surface area contributed by atoms with E-state index in [0.29, 0.717) is 22.3 Å². The molecule has 1 heterocycles. The molecule has 1 aromatic heterocycles. The number of benzene rings is 2. The summed E-state index contributed by atoms with van der Waals surface area (Å²) in [7, 11) is 1.54. The molecule has 0 aliphatic rings. The second-order valence-electron chi connectivity index (χ2n) is 5.57. The van der Waals surface area contributed by atoms with Crippen LogP contribution in [-0.2, 0) is 6.54 Å². The van der Waals surface area contributed by atoms with Crippen molar-refractivity contribution in [3.8, 4) is 5.75 Å². The first-order valence-electron chi connectivity index (χ1n) is 8.00. The van der Waals surface area contributed by atoms with Crippen LogP contribution >= 0.6 is 11.6 Å². The molecule has 2 aromatic carbocycles. The van der Waals surface area contributed by atoms with E-state index in [2.05, 4.69) is 20.6 Å². The van der Waals surface area contributed by atoms with Crippen molar-refractivity contribution in [2.45, 2.75) is 6.54 Å². The number of rotatable bonds is 6. The lowest BCUT2D eigenvalue weighted by molar-refractivity contribution is 0.0946. The highest BCUT2D eigenvalue weighted by Gasteiger charge is 2.09. The third-order valence-electron chi connectivity index (χ3n) is 3.69. The number of halogens is 2. The molecule has 0 saturated carbocycles. The fourth-order valence-electron chi connectivity index (χ4n) is 2.32. The third kappa shape index (κ3) is 4.92. The fraction of sp³-hybridized carbons (Fsp3) is 0.105. The van der Waals surface area contributed by atoms with Gasteiger partial charge in [0.1, 0.15) is 29.4 Å². The highest BCUT2D eigenvalue weighted by molar-refractivity contribution is 6.32. The maximum absolute atomic E-state index is 12.9. The molecular weight excluding hydrogens is 371 g/mol. The van der Waals surface area contributed by atoms with Gasteiger partial charge in [-0.15, -0.1) is 0 Å². The summed E-state index contributed by atoms with van der Waals surface area (Å²) >= 11 is 6.10. The number of hydrogen-bond donors (Lipinski definition) is 2. The van der Waals surface area contributed by atoms with E-state index in [1.807, 2.05) is 0 Å². The molecule has 0 aliphatic carbocycles. The van der Waals surface area contributed by atoms with Crippen molar-refractivity contribution in [3.05, 3.63) is 77.0 Å². The zero-order valence-electron chi connectivity index (χ0n) is 14.4. The van der Waals surface area contributed by atoms with Gasteiger partial charge in [-0.25, -0.2) is 14.4 Å². The van der Waals surface area contributed by atoms with E-state index in [9.17, 15) is 9.18 Å². The highest BCUT2D eigenvalue weighted by Crippen LogP contribution is 2.28. The molecule has 0 radical (unpaired) electrons. The number of nitrogens with one attached hydrogen (secondary N) is 2. The topological polar surface area (TPSA) is 76.1 Å². The number of nitrogens with zero attached hydrogens (tertiary/aromatic N) is 2. The number of carbonyl (C=O) groups excluding carboxylic acids is 1. The summed E-state index contributed by atoms with van der Waals surface area (Å²) in [5, 5.41) is 6.24. The summed E-state index contributed by atoms with van der Waals surface area (Å²) in [4.78, 5) is 20.4. The summed E-state index contributed by atoms with van der Waals surface area (Å²) in [6.45, 7) is 0.264. The van der Waals surface area contributed by atoms with Crippen LogP contribution < -0.4 is 15.4 Å². The summed E-state index contributed by atoms with van der Waals surface area (Å²) in [5.74, 6) is 0.316. The summed E-state index contributed by atoms with van der Waals surface area (Å²) < 4.78 is 18.0. The summed E-state index contributed by atoms with van der Waals surface area (Å²) in [6, 6.07) is 12.6. The molecule has 0 aliphatic heterocycles. The standard InChI is InChI=1S/C19H16ClFN4O2/c1-27-17-7-6-14(8-15(17)20)25-18-9-16(23-11-24-18)19(26)22-10-12-2-4-13(21)5-3-12/h2-9,11H,10H2,1H3,(H,22,26)(H,23,24,25).